The van der Waals surface area contributed by atoms with Gasteiger partial charge in [0, 0.05) is 19.0 Å². The molecule has 2 amide bonds. The van der Waals surface area contributed by atoms with Crippen LogP contribution in [0.3, 0.4) is 0 Å². The summed E-state index contributed by atoms with van der Waals surface area (Å²) in [5.74, 6) is 0. The van der Waals surface area contributed by atoms with Crippen molar-refractivity contribution in [1.82, 2.24) is 10.2 Å². The SMILES string of the molecule is C[C@@H](NC(=O)N(C)CC1(CO)CC1)c1ccc(Cl)c(Cl)c1. The number of amides is 2. The lowest BCUT2D eigenvalue weighted by molar-refractivity contribution is 0.160. The molecule has 1 aromatic carbocycles. The minimum atomic E-state index is -0.168. The Morgan fingerprint density at radius 1 is 1.43 bits per heavy atom. The van der Waals surface area contributed by atoms with Crippen LogP contribution < -0.4 is 5.32 Å². The number of carbonyl (C=O) groups is 1. The summed E-state index contributed by atoms with van der Waals surface area (Å²) in [5, 5.41) is 13.2. The Kier molecular flexibility index (Phi) is 5.02. The van der Waals surface area contributed by atoms with E-state index in [1.54, 1.807) is 24.1 Å². The first-order valence-electron chi connectivity index (χ1n) is 6.94. The smallest absolute Gasteiger partial charge is 0.317 e. The molecule has 0 unspecified atom stereocenters. The van der Waals surface area contributed by atoms with Gasteiger partial charge in [0.2, 0.25) is 0 Å². The van der Waals surface area contributed by atoms with Gasteiger partial charge in [-0.05, 0) is 37.5 Å². The van der Waals surface area contributed by atoms with Gasteiger partial charge in [0.1, 0.15) is 0 Å². The molecule has 0 radical (unpaired) electrons. The maximum atomic E-state index is 12.2. The highest BCUT2D eigenvalue weighted by molar-refractivity contribution is 6.42. The number of hydrogen-bond acceptors (Lipinski definition) is 2. The fourth-order valence-corrected chi connectivity index (χ4v) is 2.58. The number of carbonyl (C=O) groups excluding carboxylic acids is 1. The molecular weight excluding hydrogens is 311 g/mol. The second-order valence-electron chi connectivity index (χ2n) is 5.86. The zero-order chi connectivity index (χ0) is 15.6. The van der Waals surface area contributed by atoms with Crippen molar-refractivity contribution in [2.75, 3.05) is 20.2 Å². The van der Waals surface area contributed by atoms with Crippen molar-refractivity contribution in [2.24, 2.45) is 5.41 Å². The van der Waals surface area contributed by atoms with Crippen LogP contribution in [0.1, 0.15) is 31.4 Å². The molecular formula is C15H20Cl2N2O2. The van der Waals surface area contributed by atoms with Crippen LogP contribution in [0.5, 0.6) is 0 Å². The molecule has 1 fully saturated rings. The van der Waals surface area contributed by atoms with Crippen LogP contribution in [-0.2, 0) is 0 Å². The van der Waals surface area contributed by atoms with E-state index in [1.165, 1.54) is 0 Å². The van der Waals surface area contributed by atoms with Gasteiger partial charge >= 0.3 is 6.03 Å². The number of aliphatic hydroxyl groups is 1. The average molecular weight is 331 g/mol. The molecule has 0 bridgehead atoms. The lowest BCUT2D eigenvalue weighted by Crippen LogP contribution is -2.42. The van der Waals surface area contributed by atoms with Gasteiger partial charge in [0.05, 0.1) is 22.7 Å². The molecule has 1 saturated carbocycles. The molecule has 116 valence electrons. The Morgan fingerprint density at radius 3 is 2.62 bits per heavy atom. The van der Waals surface area contributed by atoms with E-state index in [2.05, 4.69) is 5.32 Å². The molecule has 6 heteroatoms. The zero-order valence-corrected chi connectivity index (χ0v) is 13.7. The van der Waals surface area contributed by atoms with Crippen molar-refractivity contribution in [3.63, 3.8) is 0 Å². The normalized spacial score (nSPS) is 17.2. The minimum Gasteiger partial charge on any atom is -0.396 e. The molecule has 4 nitrogen and oxygen atoms in total. The van der Waals surface area contributed by atoms with Crippen LogP contribution in [0.25, 0.3) is 0 Å². The van der Waals surface area contributed by atoms with Crippen molar-refractivity contribution in [1.29, 1.82) is 0 Å². The summed E-state index contributed by atoms with van der Waals surface area (Å²) >= 11 is 11.9. The molecule has 2 rings (SSSR count). The number of rotatable bonds is 5. The molecule has 2 N–H and O–H groups in total. The first-order chi connectivity index (χ1) is 9.87. The minimum absolute atomic E-state index is 0.0844. The summed E-state index contributed by atoms with van der Waals surface area (Å²) in [6.07, 6.45) is 1.95. The molecule has 0 heterocycles. The second-order valence-corrected chi connectivity index (χ2v) is 6.67. The molecule has 0 aromatic heterocycles. The molecule has 0 spiro atoms. The van der Waals surface area contributed by atoms with E-state index in [1.807, 2.05) is 13.0 Å². The van der Waals surface area contributed by atoms with Crippen LogP contribution in [0.15, 0.2) is 18.2 Å². The van der Waals surface area contributed by atoms with E-state index < -0.39 is 0 Å². The van der Waals surface area contributed by atoms with Crippen LogP contribution in [0, 0.1) is 5.41 Å². The van der Waals surface area contributed by atoms with Gasteiger partial charge in [0.25, 0.3) is 0 Å². The predicted molar refractivity (Wildman–Crippen MR) is 84.8 cm³/mol. The molecule has 21 heavy (non-hydrogen) atoms. The third-order valence-electron chi connectivity index (χ3n) is 4.00. The van der Waals surface area contributed by atoms with Crippen molar-refractivity contribution < 1.29 is 9.90 Å². The standard InChI is InChI=1S/C15H20Cl2N2O2/c1-10(11-3-4-12(16)13(17)7-11)18-14(21)19(2)8-15(9-20)5-6-15/h3-4,7,10,20H,5-6,8-9H2,1-2H3,(H,18,21)/t10-/m1/s1. The highest BCUT2D eigenvalue weighted by Crippen LogP contribution is 2.45. The summed E-state index contributed by atoms with van der Waals surface area (Å²) in [6.45, 7) is 2.60. The zero-order valence-electron chi connectivity index (χ0n) is 12.2. The lowest BCUT2D eigenvalue weighted by Gasteiger charge is -2.25. The number of urea groups is 1. The van der Waals surface area contributed by atoms with Crippen molar-refractivity contribution in [2.45, 2.75) is 25.8 Å². The fraction of sp³-hybridized carbons (Fsp3) is 0.533. The van der Waals surface area contributed by atoms with Crippen molar-refractivity contribution in [3.8, 4) is 0 Å². The van der Waals surface area contributed by atoms with E-state index in [4.69, 9.17) is 23.2 Å². The quantitative estimate of drug-likeness (QED) is 0.868. The summed E-state index contributed by atoms with van der Waals surface area (Å²) in [4.78, 5) is 13.8. The molecule has 1 atom stereocenters. The van der Waals surface area contributed by atoms with Crippen molar-refractivity contribution >= 4 is 29.2 Å². The molecule has 0 aliphatic heterocycles. The van der Waals surface area contributed by atoms with Crippen LogP contribution in [-0.4, -0.2) is 36.2 Å². The Morgan fingerprint density at radius 2 is 2.10 bits per heavy atom. The maximum Gasteiger partial charge on any atom is 0.317 e. The molecule has 1 aromatic rings. The van der Waals surface area contributed by atoms with E-state index in [-0.39, 0.29) is 24.1 Å². The van der Waals surface area contributed by atoms with Crippen molar-refractivity contribution in [3.05, 3.63) is 33.8 Å². The number of halogens is 2. The second kappa shape index (κ2) is 6.42. The molecule has 1 aliphatic rings. The average Bonchev–Trinajstić information content (AvgIpc) is 3.21. The lowest BCUT2D eigenvalue weighted by atomic mass is 10.1. The number of benzene rings is 1. The highest BCUT2D eigenvalue weighted by atomic mass is 35.5. The van der Waals surface area contributed by atoms with Gasteiger partial charge in [-0.3, -0.25) is 0 Å². The maximum absolute atomic E-state index is 12.2. The monoisotopic (exact) mass is 330 g/mol. The summed E-state index contributed by atoms with van der Waals surface area (Å²) in [6, 6.07) is 4.99. The number of nitrogens with zero attached hydrogens (tertiary/aromatic N) is 1. The fourth-order valence-electron chi connectivity index (χ4n) is 2.28. The first kappa shape index (κ1) is 16.4. The molecule has 1 aliphatic carbocycles. The van der Waals surface area contributed by atoms with E-state index in [0.29, 0.717) is 16.6 Å². The number of hydrogen-bond donors (Lipinski definition) is 2. The van der Waals surface area contributed by atoms with E-state index in [9.17, 15) is 9.90 Å². The summed E-state index contributed by atoms with van der Waals surface area (Å²) in [7, 11) is 1.74. The van der Waals surface area contributed by atoms with Crippen LogP contribution in [0.4, 0.5) is 4.79 Å². The first-order valence-corrected chi connectivity index (χ1v) is 7.70. The third kappa shape index (κ3) is 4.02. The van der Waals surface area contributed by atoms with E-state index in [0.717, 1.165) is 18.4 Å². The Hall–Kier alpha value is -0.970. The Bertz CT molecular complexity index is 532. The van der Waals surface area contributed by atoms with Gasteiger partial charge < -0.3 is 15.3 Å². The Labute approximate surface area is 135 Å². The van der Waals surface area contributed by atoms with Crippen LogP contribution >= 0.6 is 23.2 Å². The largest absolute Gasteiger partial charge is 0.396 e. The summed E-state index contributed by atoms with van der Waals surface area (Å²) in [5.41, 5.74) is 0.813. The van der Waals surface area contributed by atoms with E-state index >= 15 is 0 Å². The van der Waals surface area contributed by atoms with Gasteiger partial charge in [-0.1, -0.05) is 29.3 Å². The van der Waals surface area contributed by atoms with Gasteiger partial charge in [-0.25, -0.2) is 4.79 Å². The van der Waals surface area contributed by atoms with Crippen LogP contribution in [0.2, 0.25) is 10.0 Å². The number of nitrogens with one attached hydrogen (secondary N) is 1. The summed E-state index contributed by atoms with van der Waals surface area (Å²) < 4.78 is 0. The highest BCUT2D eigenvalue weighted by Gasteiger charge is 2.43. The Balaban J connectivity index is 1.93. The predicted octanol–water partition coefficient (Wildman–Crippen LogP) is 3.47. The van der Waals surface area contributed by atoms with Gasteiger partial charge in [0.15, 0.2) is 0 Å². The number of aliphatic hydroxyl groups excluding tert-OH is 1. The van der Waals surface area contributed by atoms with Gasteiger partial charge in [-0.15, -0.1) is 0 Å². The topological polar surface area (TPSA) is 52.6 Å². The molecule has 0 saturated heterocycles. The van der Waals surface area contributed by atoms with Gasteiger partial charge in [-0.2, -0.15) is 0 Å². The third-order valence-corrected chi connectivity index (χ3v) is 4.73.